The summed E-state index contributed by atoms with van der Waals surface area (Å²) in [5.41, 5.74) is 4.92. The molecular weight excluding hydrogens is 391 g/mol. The van der Waals surface area contributed by atoms with Crippen molar-refractivity contribution in [1.82, 2.24) is 14.5 Å². The number of aromatic nitrogens is 3. The molecule has 1 atom stereocenters. The molecule has 1 N–H and O–H groups in total. The number of hydrogen-bond donors (Lipinski definition) is 1. The molecule has 5 nitrogen and oxygen atoms in total. The Morgan fingerprint density at radius 2 is 1.81 bits per heavy atom. The Balaban J connectivity index is 1.54. The fraction of sp³-hybridized carbons (Fsp3) is 0.200. The second-order valence-electron chi connectivity index (χ2n) is 7.39. The molecule has 2 aromatic carbocycles. The van der Waals surface area contributed by atoms with Gasteiger partial charge in [-0.25, -0.2) is 14.4 Å². The molecule has 0 bridgehead atoms. The minimum absolute atomic E-state index is 0.0152. The van der Waals surface area contributed by atoms with Crippen molar-refractivity contribution < 1.29 is 9.13 Å². The normalized spacial score (nSPS) is 11.9. The van der Waals surface area contributed by atoms with E-state index in [9.17, 15) is 4.39 Å². The average molecular weight is 417 g/mol. The van der Waals surface area contributed by atoms with Crippen LogP contribution in [0.4, 0.5) is 10.2 Å². The highest BCUT2D eigenvalue weighted by Crippen LogP contribution is 2.30. The van der Waals surface area contributed by atoms with E-state index in [4.69, 9.17) is 4.74 Å². The Morgan fingerprint density at radius 3 is 2.45 bits per heavy atom. The van der Waals surface area contributed by atoms with Crippen molar-refractivity contribution in [2.45, 2.75) is 26.8 Å². The Morgan fingerprint density at radius 1 is 1.03 bits per heavy atom. The monoisotopic (exact) mass is 416 g/mol. The van der Waals surface area contributed by atoms with Crippen LogP contribution in [0.3, 0.4) is 0 Å². The molecule has 4 aromatic rings. The van der Waals surface area contributed by atoms with E-state index in [-0.39, 0.29) is 11.9 Å². The first-order valence-corrected chi connectivity index (χ1v) is 10.3. The predicted molar refractivity (Wildman–Crippen MR) is 121 cm³/mol. The quantitative estimate of drug-likeness (QED) is 0.404. The molecule has 0 radical (unpaired) electrons. The Hall–Kier alpha value is -3.67. The number of pyridine rings is 1. The summed E-state index contributed by atoms with van der Waals surface area (Å²) in [7, 11) is 0. The van der Waals surface area contributed by atoms with Crippen LogP contribution in [0.25, 0.3) is 16.8 Å². The second-order valence-corrected chi connectivity index (χ2v) is 7.39. The fourth-order valence-electron chi connectivity index (χ4n) is 3.44. The van der Waals surface area contributed by atoms with Crippen molar-refractivity contribution in [2.75, 3.05) is 11.9 Å². The van der Waals surface area contributed by atoms with Crippen molar-refractivity contribution in [3.05, 3.63) is 90.4 Å². The van der Waals surface area contributed by atoms with Crippen molar-refractivity contribution >= 4 is 5.82 Å². The largest absolute Gasteiger partial charge is 0.492 e. The number of aryl methyl sites for hydroxylation is 1. The zero-order valence-corrected chi connectivity index (χ0v) is 17.8. The number of rotatable bonds is 7. The standard InChI is InChI=1S/C25H25FN4O/c1-4-31-24-13-20(7-11-23(24)30-15-17(2)28-16-30)21-8-12-25(27-14-21)29-18(3)19-5-9-22(26)10-6-19/h5-16,18H,4H2,1-3H3,(H,27,29)/t18-/m0/s1. The van der Waals surface area contributed by atoms with E-state index in [1.165, 1.54) is 12.1 Å². The summed E-state index contributed by atoms with van der Waals surface area (Å²) in [6, 6.07) is 16.6. The highest BCUT2D eigenvalue weighted by molar-refractivity contribution is 5.68. The third kappa shape index (κ3) is 4.74. The van der Waals surface area contributed by atoms with Crippen molar-refractivity contribution in [3.8, 4) is 22.6 Å². The minimum atomic E-state index is -0.237. The number of benzene rings is 2. The number of anilines is 1. The summed E-state index contributed by atoms with van der Waals surface area (Å²) >= 11 is 0. The van der Waals surface area contributed by atoms with E-state index < -0.39 is 0 Å². The van der Waals surface area contributed by atoms with Gasteiger partial charge in [-0.1, -0.05) is 18.2 Å². The van der Waals surface area contributed by atoms with Gasteiger partial charge in [0, 0.05) is 24.0 Å². The van der Waals surface area contributed by atoms with Gasteiger partial charge in [-0.15, -0.1) is 0 Å². The van der Waals surface area contributed by atoms with E-state index in [0.29, 0.717) is 6.61 Å². The number of ether oxygens (including phenoxy) is 1. The van der Waals surface area contributed by atoms with E-state index in [2.05, 4.69) is 21.4 Å². The maximum Gasteiger partial charge on any atom is 0.143 e. The maximum atomic E-state index is 13.1. The minimum Gasteiger partial charge on any atom is -0.492 e. The number of nitrogens with zero attached hydrogens (tertiary/aromatic N) is 3. The summed E-state index contributed by atoms with van der Waals surface area (Å²) in [5, 5.41) is 3.35. The van der Waals surface area contributed by atoms with Gasteiger partial charge in [-0.05, 0) is 68.3 Å². The van der Waals surface area contributed by atoms with Gasteiger partial charge in [-0.2, -0.15) is 0 Å². The summed E-state index contributed by atoms with van der Waals surface area (Å²) in [5.74, 6) is 1.32. The number of imidazole rings is 1. The molecule has 2 heterocycles. The molecule has 0 unspecified atom stereocenters. The van der Waals surface area contributed by atoms with Gasteiger partial charge in [0.15, 0.2) is 0 Å². The molecule has 158 valence electrons. The third-order valence-electron chi connectivity index (χ3n) is 5.08. The topological polar surface area (TPSA) is 52.0 Å². The number of nitrogens with one attached hydrogen (secondary N) is 1. The third-order valence-corrected chi connectivity index (χ3v) is 5.08. The zero-order chi connectivity index (χ0) is 21.8. The van der Waals surface area contributed by atoms with Crippen LogP contribution in [0.15, 0.2) is 73.3 Å². The summed E-state index contributed by atoms with van der Waals surface area (Å²) in [6.07, 6.45) is 5.60. The highest BCUT2D eigenvalue weighted by atomic mass is 19.1. The average Bonchev–Trinajstić information content (AvgIpc) is 3.21. The molecule has 0 fully saturated rings. The molecule has 0 saturated carbocycles. The smallest absolute Gasteiger partial charge is 0.143 e. The molecule has 0 aliphatic heterocycles. The molecular formula is C25H25FN4O. The van der Waals surface area contributed by atoms with Gasteiger partial charge in [0.05, 0.1) is 24.3 Å². The maximum absolute atomic E-state index is 13.1. The van der Waals surface area contributed by atoms with E-state index >= 15 is 0 Å². The van der Waals surface area contributed by atoms with Crippen LogP contribution in [0, 0.1) is 12.7 Å². The first kappa shape index (κ1) is 20.6. The van der Waals surface area contributed by atoms with Crippen LogP contribution in [-0.2, 0) is 0 Å². The van der Waals surface area contributed by atoms with Gasteiger partial charge in [-0.3, -0.25) is 0 Å². The van der Waals surface area contributed by atoms with Gasteiger partial charge < -0.3 is 14.6 Å². The summed E-state index contributed by atoms with van der Waals surface area (Å²) < 4.78 is 21.0. The van der Waals surface area contributed by atoms with Gasteiger partial charge in [0.25, 0.3) is 0 Å². The second kappa shape index (κ2) is 9.00. The molecule has 0 aliphatic carbocycles. The molecule has 0 amide bonds. The lowest BCUT2D eigenvalue weighted by Crippen LogP contribution is -2.07. The Bertz CT molecular complexity index is 1150. The first-order valence-electron chi connectivity index (χ1n) is 10.3. The molecule has 0 spiro atoms. The molecule has 6 heteroatoms. The van der Waals surface area contributed by atoms with Gasteiger partial charge in [0.1, 0.15) is 17.4 Å². The SMILES string of the molecule is CCOc1cc(-c2ccc(N[C@@H](C)c3ccc(F)cc3)nc2)ccc1-n1cnc(C)c1. The number of halogens is 1. The van der Waals surface area contributed by atoms with Crippen LogP contribution in [0.1, 0.15) is 31.1 Å². The first-order chi connectivity index (χ1) is 15.0. The lowest BCUT2D eigenvalue weighted by atomic mass is 10.1. The van der Waals surface area contributed by atoms with E-state index in [1.54, 1.807) is 18.5 Å². The van der Waals surface area contributed by atoms with E-state index in [0.717, 1.165) is 39.6 Å². The van der Waals surface area contributed by atoms with Crippen LogP contribution < -0.4 is 10.1 Å². The van der Waals surface area contributed by atoms with Gasteiger partial charge in [0.2, 0.25) is 0 Å². The fourth-order valence-corrected chi connectivity index (χ4v) is 3.44. The van der Waals surface area contributed by atoms with Crippen molar-refractivity contribution in [2.24, 2.45) is 0 Å². The van der Waals surface area contributed by atoms with Crippen LogP contribution in [0.2, 0.25) is 0 Å². The Kier molecular flexibility index (Phi) is 5.98. The van der Waals surface area contributed by atoms with E-state index in [1.807, 2.05) is 62.0 Å². The molecule has 2 aromatic heterocycles. The summed E-state index contributed by atoms with van der Waals surface area (Å²) in [4.78, 5) is 8.86. The van der Waals surface area contributed by atoms with Crippen molar-refractivity contribution in [3.63, 3.8) is 0 Å². The number of hydrogen-bond acceptors (Lipinski definition) is 4. The highest BCUT2D eigenvalue weighted by Gasteiger charge is 2.10. The van der Waals surface area contributed by atoms with Crippen LogP contribution >= 0.6 is 0 Å². The van der Waals surface area contributed by atoms with Crippen LogP contribution in [-0.4, -0.2) is 21.1 Å². The van der Waals surface area contributed by atoms with Crippen LogP contribution in [0.5, 0.6) is 5.75 Å². The predicted octanol–water partition coefficient (Wildman–Crippen LogP) is 5.95. The lowest BCUT2D eigenvalue weighted by Gasteiger charge is -2.16. The zero-order valence-electron chi connectivity index (χ0n) is 17.8. The molecule has 0 saturated heterocycles. The Labute approximate surface area is 181 Å². The summed E-state index contributed by atoms with van der Waals surface area (Å²) in [6.45, 7) is 6.53. The van der Waals surface area contributed by atoms with Gasteiger partial charge >= 0.3 is 0 Å². The molecule has 4 rings (SSSR count). The molecule has 0 aliphatic rings. The van der Waals surface area contributed by atoms with Crippen molar-refractivity contribution in [1.29, 1.82) is 0 Å². The lowest BCUT2D eigenvalue weighted by molar-refractivity contribution is 0.339. The molecule has 31 heavy (non-hydrogen) atoms.